The van der Waals surface area contributed by atoms with Crippen LogP contribution in [0.1, 0.15) is 19.8 Å². The van der Waals surface area contributed by atoms with Crippen molar-refractivity contribution in [3.8, 4) is 0 Å². The molecule has 0 radical (unpaired) electrons. The number of hydrogen-bond acceptors (Lipinski definition) is 3. The Labute approximate surface area is 127 Å². The molecule has 0 spiro atoms. The van der Waals surface area contributed by atoms with Crippen molar-refractivity contribution < 1.29 is 4.79 Å². The quantitative estimate of drug-likeness (QED) is 0.808. The number of nitrogens with one attached hydrogen (secondary N) is 2. The SMILES string of the molecule is CC(CNC(=O)C1CCCN1)Sc1ccc(Br)cc1. The van der Waals surface area contributed by atoms with Crippen molar-refractivity contribution in [3.63, 3.8) is 0 Å². The van der Waals surface area contributed by atoms with E-state index in [2.05, 4.69) is 45.6 Å². The summed E-state index contributed by atoms with van der Waals surface area (Å²) < 4.78 is 1.09. The number of benzene rings is 1. The summed E-state index contributed by atoms with van der Waals surface area (Å²) in [6.07, 6.45) is 2.06. The zero-order chi connectivity index (χ0) is 13.7. The largest absolute Gasteiger partial charge is 0.354 e. The summed E-state index contributed by atoms with van der Waals surface area (Å²) in [4.78, 5) is 13.1. The Balaban J connectivity index is 1.73. The van der Waals surface area contributed by atoms with Gasteiger partial charge in [0.2, 0.25) is 5.91 Å². The van der Waals surface area contributed by atoms with Gasteiger partial charge in [-0.3, -0.25) is 4.79 Å². The molecule has 1 aliphatic rings. The predicted octanol–water partition coefficient (Wildman–Crippen LogP) is 2.80. The van der Waals surface area contributed by atoms with Gasteiger partial charge in [-0.1, -0.05) is 22.9 Å². The molecule has 0 aliphatic carbocycles. The van der Waals surface area contributed by atoms with Crippen LogP contribution in [-0.2, 0) is 4.79 Å². The van der Waals surface area contributed by atoms with Crippen molar-refractivity contribution >= 4 is 33.6 Å². The van der Waals surface area contributed by atoms with Crippen LogP contribution in [0.5, 0.6) is 0 Å². The third-order valence-corrected chi connectivity index (χ3v) is 4.73. The first-order chi connectivity index (χ1) is 9.15. The van der Waals surface area contributed by atoms with Gasteiger partial charge in [0, 0.05) is 21.2 Å². The molecule has 1 heterocycles. The summed E-state index contributed by atoms with van der Waals surface area (Å²) in [7, 11) is 0. The van der Waals surface area contributed by atoms with E-state index in [1.165, 1.54) is 4.90 Å². The van der Waals surface area contributed by atoms with Gasteiger partial charge >= 0.3 is 0 Å². The van der Waals surface area contributed by atoms with Gasteiger partial charge in [-0.15, -0.1) is 11.8 Å². The van der Waals surface area contributed by atoms with Crippen LogP contribution in [0.25, 0.3) is 0 Å². The first kappa shape index (κ1) is 14.9. The average Bonchev–Trinajstić information content (AvgIpc) is 2.93. The van der Waals surface area contributed by atoms with Crippen LogP contribution in [0, 0.1) is 0 Å². The zero-order valence-electron chi connectivity index (χ0n) is 11.0. The molecule has 3 nitrogen and oxygen atoms in total. The van der Waals surface area contributed by atoms with Gasteiger partial charge in [0.15, 0.2) is 0 Å². The Morgan fingerprint density at radius 3 is 2.89 bits per heavy atom. The molecule has 2 unspecified atom stereocenters. The normalized spacial score (nSPS) is 20.2. The minimum atomic E-state index is 0.0184. The number of rotatable bonds is 5. The Morgan fingerprint density at radius 1 is 1.53 bits per heavy atom. The molecule has 1 aliphatic heterocycles. The molecular formula is C14H19BrN2OS. The van der Waals surface area contributed by atoms with Crippen LogP contribution in [0.3, 0.4) is 0 Å². The maximum absolute atomic E-state index is 11.9. The smallest absolute Gasteiger partial charge is 0.237 e. The monoisotopic (exact) mass is 342 g/mol. The van der Waals surface area contributed by atoms with E-state index in [0.29, 0.717) is 11.8 Å². The van der Waals surface area contributed by atoms with Crippen LogP contribution >= 0.6 is 27.7 Å². The lowest BCUT2D eigenvalue weighted by molar-refractivity contribution is -0.122. The van der Waals surface area contributed by atoms with Crippen molar-refractivity contribution in [1.82, 2.24) is 10.6 Å². The van der Waals surface area contributed by atoms with Gasteiger partial charge in [-0.2, -0.15) is 0 Å². The molecule has 5 heteroatoms. The predicted molar refractivity (Wildman–Crippen MR) is 83.5 cm³/mol. The lowest BCUT2D eigenvalue weighted by Gasteiger charge is -2.15. The molecule has 1 fully saturated rings. The summed E-state index contributed by atoms with van der Waals surface area (Å²) in [5, 5.41) is 6.60. The van der Waals surface area contributed by atoms with Crippen molar-refractivity contribution in [2.45, 2.75) is 36.0 Å². The van der Waals surface area contributed by atoms with E-state index in [9.17, 15) is 4.79 Å². The van der Waals surface area contributed by atoms with Crippen molar-refractivity contribution in [3.05, 3.63) is 28.7 Å². The summed E-state index contributed by atoms with van der Waals surface area (Å²) in [5.41, 5.74) is 0. The highest BCUT2D eigenvalue weighted by atomic mass is 79.9. The van der Waals surface area contributed by atoms with Crippen LogP contribution in [0.15, 0.2) is 33.6 Å². The van der Waals surface area contributed by atoms with E-state index in [1.54, 1.807) is 11.8 Å². The van der Waals surface area contributed by atoms with Crippen LogP contribution in [0.2, 0.25) is 0 Å². The molecule has 0 saturated carbocycles. The number of thioether (sulfide) groups is 1. The van der Waals surface area contributed by atoms with E-state index in [1.807, 2.05) is 12.1 Å². The molecule has 2 atom stereocenters. The molecule has 0 aromatic heterocycles. The summed E-state index contributed by atoms with van der Waals surface area (Å²) in [5.74, 6) is 0.140. The van der Waals surface area contributed by atoms with Gasteiger partial charge in [0.25, 0.3) is 0 Å². The molecule has 19 heavy (non-hydrogen) atoms. The molecule has 1 aromatic carbocycles. The summed E-state index contributed by atoms with van der Waals surface area (Å²) >= 11 is 5.21. The molecular weight excluding hydrogens is 324 g/mol. The fourth-order valence-electron chi connectivity index (χ4n) is 2.06. The number of carbonyl (C=O) groups is 1. The molecule has 104 valence electrons. The second-order valence-electron chi connectivity index (χ2n) is 4.78. The molecule has 1 saturated heterocycles. The fourth-order valence-corrected chi connectivity index (χ4v) is 3.25. The van der Waals surface area contributed by atoms with E-state index in [0.717, 1.165) is 23.9 Å². The van der Waals surface area contributed by atoms with Crippen molar-refractivity contribution in [2.75, 3.05) is 13.1 Å². The minimum Gasteiger partial charge on any atom is -0.354 e. The van der Waals surface area contributed by atoms with Crippen molar-refractivity contribution in [1.29, 1.82) is 0 Å². The molecule has 1 aromatic rings. The first-order valence-electron chi connectivity index (χ1n) is 6.58. The van der Waals surface area contributed by atoms with Gasteiger partial charge in [0.05, 0.1) is 6.04 Å². The first-order valence-corrected chi connectivity index (χ1v) is 8.26. The topological polar surface area (TPSA) is 41.1 Å². The zero-order valence-corrected chi connectivity index (χ0v) is 13.4. The number of hydrogen-bond donors (Lipinski definition) is 2. The van der Waals surface area contributed by atoms with E-state index >= 15 is 0 Å². The Kier molecular flexibility index (Phi) is 5.73. The Hall–Kier alpha value is -0.520. The Bertz CT molecular complexity index is 418. The third-order valence-electron chi connectivity index (χ3n) is 3.09. The molecule has 2 rings (SSSR count). The number of carbonyl (C=O) groups excluding carboxylic acids is 1. The standard InChI is InChI=1S/C14H19BrN2OS/c1-10(19-12-6-4-11(15)5-7-12)9-17-14(18)13-3-2-8-16-13/h4-7,10,13,16H,2-3,8-9H2,1H3,(H,17,18). The fraction of sp³-hybridized carbons (Fsp3) is 0.500. The summed E-state index contributed by atoms with van der Waals surface area (Å²) in [6.45, 7) is 3.80. The Morgan fingerprint density at radius 2 is 2.26 bits per heavy atom. The second-order valence-corrected chi connectivity index (χ2v) is 7.20. The number of halogens is 1. The van der Waals surface area contributed by atoms with Gasteiger partial charge in [-0.25, -0.2) is 0 Å². The second kappa shape index (κ2) is 7.31. The van der Waals surface area contributed by atoms with Crippen molar-refractivity contribution in [2.24, 2.45) is 0 Å². The van der Waals surface area contributed by atoms with Crippen LogP contribution in [-0.4, -0.2) is 30.3 Å². The maximum Gasteiger partial charge on any atom is 0.237 e. The minimum absolute atomic E-state index is 0.0184. The lowest BCUT2D eigenvalue weighted by atomic mass is 10.2. The van der Waals surface area contributed by atoms with E-state index in [4.69, 9.17) is 0 Å². The molecule has 1 amide bonds. The average molecular weight is 343 g/mol. The van der Waals surface area contributed by atoms with E-state index in [-0.39, 0.29) is 11.9 Å². The van der Waals surface area contributed by atoms with Gasteiger partial charge < -0.3 is 10.6 Å². The highest BCUT2D eigenvalue weighted by Crippen LogP contribution is 2.24. The number of amides is 1. The molecule has 0 bridgehead atoms. The van der Waals surface area contributed by atoms with Gasteiger partial charge in [-0.05, 0) is 43.7 Å². The van der Waals surface area contributed by atoms with E-state index < -0.39 is 0 Å². The van der Waals surface area contributed by atoms with Gasteiger partial charge in [0.1, 0.15) is 0 Å². The highest BCUT2D eigenvalue weighted by molar-refractivity contribution is 9.10. The lowest BCUT2D eigenvalue weighted by Crippen LogP contribution is -2.42. The van der Waals surface area contributed by atoms with Crippen LogP contribution in [0.4, 0.5) is 0 Å². The summed E-state index contributed by atoms with van der Waals surface area (Å²) in [6, 6.07) is 8.27. The third kappa shape index (κ3) is 4.82. The molecule has 2 N–H and O–H groups in total. The highest BCUT2D eigenvalue weighted by Gasteiger charge is 2.21. The maximum atomic E-state index is 11.9. The van der Waals surface area contributed by atoms with Crippen LogP contribution < -0.4 is 10.6 Å².